The number of hydrogen-bond acceptors (Lipinski definition) is 5. The number of carbonyl (C=O) groups is 1. The van der Waals surface area contributed by atoms with Crippen LogP contribution < -0.4 is 10.1 Å². The Bertz CT molecular complexity index is 413. The smallest absolute Gasteiger partial charge is 0.413 e. The van der Waals surface area contributed by atoms with Crippen molar-refractivity contribution in [3.05, 3.63) is 11.9 Å². The Labute approximate surface area is 100 Å². The predicted octanol–water partition coefficient (Wildman–Crippen LogP) is 2.14. The van der Waals surface area contributed by atoms with Crippen LogP contribution in [-0.4, -0.2) is 28.8 Å². The molecular weight excluding hydrogens is 222 g/mol. The molecule has 0 aliphatic heterocycles. The van der Waals surface area contributed by atoms with Gasteiger partial charge < -0.3 is 9.47 Å². The third-order valence-electron chi connectivity index (χ3n) is 1.67. The van der Waals surface area contributed by atoms with E-state index in [0.717, 1.165) is 0 Å². The topological polar surface area (TPSA) is 73.3 Å². The van der Waals surface area contributed by atoms with E-state index in [9.17, 15) is 4.79 Å². The Balaban J connectivity index is 2.78. The quantitative estimate of drug-likeness (QED) is 0.855. The summed E-state index contributed by atoms with van der Waals surface area (Å²) in [5.41, 5.74) is 0.145. The highest BCUT2D eigenvalue weighted by Gasteiger charge is 2.18. The second-order valence-corrected chi connectivity index (χ2v) is 4.50. The molecule has 0 aliphatic rings. The number of anilines is 1. The van der Waals surface area contributed by atoms with Crippen LogP contribution in [0.15, 0.2) is 6.20 Å². The molecule has 0 unspecified atom stereocenters. The lowest BCUT2D eigenvalue weighted by molar-refractivity contribution is 0.0634. The van der Waals surface area contributed by atoms with Crippen molar-refractivity contribution in [3.8, 4) is 5.88 Å². The van der Waals surface area contributed by atoms with E-state index in [2.05, 4.69) is 15.3 Å². The molecule has 94 valence electrons. The minimum atomic E-state index is -0.589. The van der Waals surface area contributed by atoms with Gasteiger partial charge in [0, 0.05) is 0 Å². The van der Waals surface area contributed by atoms with Crippen LogP contribution in [0.2, 0.25) is 0 Å². The molecule has 0 bridgehead atoms. The average molecular weight is 239 g/mol. The molecule has 0 radical (unpaired) electrons. The van der Waals surface area contributed by atoms with Crippen molar-refractivity contribution >= 4 is 11.9 Å². The maximum Gasteiger partial charge on any atom is 0.413 e. The molecule has 1 heterocycles. The van der Waals surface area contributed by atoms with Crippen LogP contribution >= 0.6 is 0 Å². The number of rotatable bonds is 2. The Hall–Kier alpha value is -1.85. The zero-order valence-corrected chi connectivity index (χ0v) is 10.7. The number of carbonyl (C=O) groups excluding carboxylic acids is 1. The lowest BCUT2D eigenvalue weighted by atomic mass is 10.2. The zero-order valence-electron chi connectivity index (χ0n) is 10.7. The molecule has 1 amide bonds. The van der Waals surface area contributed by atoms with Crippen molar-refractivity contribution in [2.24, 2.45) is 0 Å². The van der Waals surface area contributed by atoms with Gasteiger partial charge in [-0.3, -0.25) is 5.32 Å². The van der Waals surface area contributed by atoms with Crippen LogP contribution in [0.3, 0.4) is 0 Å². The number of aryl methyl sites for hydroxylation is 1. The predicted molar refractivity (Wildman–Crippen MR) is 63.2 cm³/mol. The molecule has 0 aliphatic carbocycles. The molecule has 0 atom stereocenters. The van der Waals surface area contributed by atoms with E-state index in [1.54, 1.807) is 27.7 Å². The number of ether oxygens (including phenoxy) is 2. The molecule has 1 N–H and O–H groups in total. The van der Waals surface area contributed by atoms with Gasteiger partial charge in [0.25, 0.3) is 5.88 Å². The molecule has 0 saturated heterocycles. The van der Waals surface area contributed by atoms with Gasteiger partial charge in [0.1, 0.15) is 5.60 Å². The fourth-order valence-corrected chi connectivity index (χ4v) is 1.08. The molecule has 17 heavy (non-hydrogen) atoms. The van der Waals surface area contributed by atoms with Gasteiger partial charge in [0.15, 0.2) is 5.82 Å². The molecule has 1 rings (SSSR count). The minimum Gasteiger partial charge on any atom is -0.478 e. The Morgan fingerprint density at radius 2 is 2.06 bits per heavy atom. The second-order valence-electron chi connectivity index (χ2n) is 4.50. The summed E-state index contributed by atoms with van der Waals surface area (Å²) in [4.78, 5) is 19.6. The highest BCUT2D eigenvalue weighted by atomic mass is 16.6. The van der Waals surface area contributed by atoms with Crippen LogP contribution in [0.1, 0.15) is 26.5 Å². The first kappa shape index (κ1) is 13.2. The molecule has 1 aromatic heterocycles. The van der Waals surface area contributed by atoms with Gasteiger partial charge in [0.2, 0.25) is 0 Å². The number of hydrogen-bond donors (Lipinski definition) is 1. The van der Waals surface area contributed by atoms with E-state index in [1.807, 2.05) is 0 Å². The van der Waals surface area contributed by atoms with E-state index in [4.69, 9.17) is 9.47 Å². The number of aromatic nitrogens is 2. The maximum atomic E-state index is 11.5. The van der Waals surface area contributed by atoms with Crippen molar-refractivity contribution in [1.29, 1.82) is 0 Å². The Morgan fingerprint density at radius 3 is 2.59 bits per heavy atom. The SMILES string of the molecule is COc1nc(C)cnc1NC(=O)OC(C)(C)C. The van der Waals surface area contributed by atoms with Gasteiger partial charge >= 0.3 is 6.09 Å². The highest BCUT2D eigenvalue weighted by Crippen LogP contribution is 2.19. The summed E-state index contributed by atoms with van der Waals surface area (Å²) in [6, 6.07) is 0. The first-order valence-electron chi connectivity index (χ1n) is 5.19. The average Bonchev–Trinajstić information content (AvgIpc) is 2.17. The summed E-state index contributed by atoms with van der Waals surface area (Å²) in [5.74, 6) is 0.503. The molecule has 0 aromatic carbocycles. The fraction of sp³-hybridized carbons (Fsp3) is 0.545. The summed E-state index contributed by atoms with van der Waals surface area (Å²) in [6.07, 6.45) is 0.948. The van der Waals surface area contributed by atoms with E-state index in [0.29, 0.717) is 5.69 Å². The van der Waals surface area contributed by atoms with Crippen molar-refractivity contribution in [2.75, 3.05) is 12.4 Å². The lowest BCUT2D eigenvalue weighted by Crippen LogP contribution is -2.27. The highest BCUT2D eigenvalue weighted by molar-refractivity contribution is 5.84. The van der Waals surface area contributed by atoms with Gasteiger partial charge in [-0.25, -0.2) is 14.8 Å². The largest absolute Gasteiger partial charge is 0.478 e. The standard InChI is InChI=1S/C11H17N3O3/c1-7-6-12-8(9(13-7)16-5)14-10(15)17-11(2,3)4/h6H,1-5H3,(H,12,14,15). The summed E-state index contributed by atoms with van der Waals surface area (Å²) in [6.45, 7) is 7.13. The summed E-state index contributed by atoms with van der Waals surface area (Å²) < 4.78 is 10.1. The minimum absolute atomic E-state index is 0.243. The van der Waals surface area contributed by atoms with Crippen molar-refractivity contribution in [1.82, 2.24) is 9.97 Å². The van der Waals surface area contributed by atoms with Gasteiger partial charge in [-0.15, -0.1) is 0 Å². The maximum absolute atomic E-state index is 11.5. The van der Waals surface area contributed by atoms with E-state index < -0.39 is 11.7 Å². The van der Waals surface area contributed by atoms with Crippen LogP contribution in [-0.2, 0) is 4.74 Å². The first-order valence-corrected chi connectivity index (χ1v) is 5.19. The second kappa shape index (κ2) is 4.99. The van der Waals surface area contributed by atoms with E-state index in [1.165, 1.54) is 13.3 Å². The third-order valence-corrected chi connectivity index (χ3v) is 1.67. The summed E-state index contributed by atoms with van der Waals surface area (Å²) in [5, 5.41) is 2.49. The van der Waals surface area contributed by atoms with Gasteiger partial charge in [0.05, 0.1) is 19.0 Å². The Morgan fingerprint density at radius 1 is 1.41 bits per heavy atom. The number of nitrogens with one attached hydrogen (secondary N) is 1. The normalized spacial score (nSPS) is 10.9. The van der Waals surface area contributed by atoms with Crippen LogP contribution in [0.4, 0.5) is 10.6 Å². The molecule has 6 heteroatoms. The fourth-order valence-electron chi connectivity index (χ4n) is 1.08. The van der Waals surface area contributed by atoms with Crippen molar-refractivity contribution in [2.45, 2.75) is 33.3 Å². The lowest BCUT2D eigenvalue weighted by Gasteiger charge is -2.19. The van der Waals surface area contributed by atoms with Crippen LogP contribution in [0, 0.1) is 6.92 Å². The molecule has 0 spiro atoms. The summed E-state index contributed by atoms with van der Waals surface area (Å²) in [7, 11) is 1.46. The third kappa shape index (κ3) is 4.26. The number of amides is 1. The van der Waals surface area contributed by atoms with Gasteiger partial charge in [-0.1, -0.05) is 0 Å². The molecule has 0 fully saturated rings. The number of nitrogens with zero attached hydrogens (tertiary/aromatic N) is 2. The van der Waals surface area contributed by atoms with Crippen LogP contribution in [0.25, 0.3) is 0 Å². The van der Waals surface area contributed by atoms with E-state index >= 15 is 0 Å². The van der Waals surface area contributed by atoms with E-state index in [-0.39, 0.29) is 11.7 Å². The first-order chi connectivity index (χ1) is 7.81. The molecule has 6 nitrogen and oxygen atoms in total. The number of methoxy groups -OCH3 is 1. The Kier molecular flexibility index (Phi) is 3.88. The van der Waals surface area contributed by atoms with Gasteiger partial charge in [-0.05, 0) is 27.7 Å². The molecular formula is C11H17N3O3. The molecule has 0 saturated carbocycles. The monoisotopic (exact) mass is 239 g/mol. The van der Waals surface area contributed by atoms with Crippen LogP contribution in [0.5, 0.6) is 5.88 Å². The van der Waals surface area contributed by atoms with Crippen molar-refractivity contribution in [3.63, 3.8) is 0 Å². The zero-order chi connectivity index (χ0) is 13.1. The van der Waals surface area contributed by atoms with Crippen molar-refractivity contribution < 1.29 is 14.3 Å². The summed E-state index contributed by atoms with van der Waals surface area (Å²) >= 11 is 0. The molecule has 1 aromatic rings. The van der Waals surface area contributed by atoms with Gasteiger partial charge in [-0.2, -0.15) is 0 Å².